The van der Waals surface area contributed by atoms with Gasteiger partial charge in [-0.2, -0.15) is 4.98 Å². The fraction of sp³-hybridized carbons (Fsp3) is 0.150. The molecule has 1 saturated heterocycles. The average molecular weight is 426 g/mol. The number of nitrogens with zero attached hydrogens (tertiary/aromatic N) is 3. The van der Waals surface area contributed by atoms with Crippen molar-refractivity contribution in [3.63, 3.8) is 0 Å². The van der Waals surface area contributed by atoms with Crippen LogP contribution in [0.15, 0.2) is 53.1 Å². The van der Waals surface area contributed by atoms with Gasteiger partial charge in [0.15, 0.2) is 0 Å². The van der Waals surface area contributed by atoms with E-state index in [4.69, 9.17) is 21.9 Å². The van der Waals surface area contributed by atoms with E-state index in [0.29, 0.717) is 16.1 Å². The van der Waals surface area contributed by atoms with Gasteiger partial charge in [-0.1, -0.05) is 41.0 Å². The zero-order valence-corrected chi connectivity index (χ0v) is 16.5. The number of amides is 4. The first kappa shape index (κ1) is 19.6. The number of hydrogen-bond acceptors (Lipinski definition) is 6. The number of nitrogens with one attached hydrogen (secondary N) is 1. The van der Waals surface area contributed by atoms with E-state index in [0.717, 1.165) is 4.90 Å². The first-order valence-corrected chi connectivity index (χ1v) is 9.29. The van der Waals surface area contributed by atoms with E-state index in [1.807, 2.05) is 0 Å². The minimum atomic E-state index is -1.36. The van der Waals surface area contributed by atoms with Crippen molar-refractivity contribution in [2.75, 3.05) is 0 Å². The van der Waals surface area contributed by atoms with Crippen molar-refractivity contribution in [3.05, 3.63) is 70.6 Å². The number of primary amides is 1. The molecular formula is C20H16ClN5O4. The highest BCUT2D eigenvalue weighted by Crippen LogP contribution is 2.30. The molecule has 10 heteroatoms. The molecular weight excluding hydrogens is 410 g/mol. The number of carbonyl (C=O) groups excluding carboxylic acids is 3. The van der Waals surface area contributed by atoms with Crippen LogP contribution >= 0.6 is 11.6 Å². The summed E-state index contributed by atoms with van der Waals surface area (Å²) in [5.74, 6) is -0.773. The topological polar surface area (TPSA) is 131 Å². The number of imide groups is 1. The van der Waals surface area contributed by atoms with Gasteiger partial charge >= 0.3 is 6.03 Å². The second-order valence-corrected chi connectivity index (χ2v) is 7.35. The van der Waals surface area contributed by atoms with Crippen molar-refractivity contribution in [3.8, 4) is 11.4 Å². The number of aromatic nitrogens is 2. The molecule has 0 spiro atoms. The van der Waals surface area contributed by atoms with Crippen LogP contribution in [0.4, 0.5) is 4.79 Å². The summed E-state index contributed by atoms with van der Waals surface area (Å²) in [6.07, 6.45) is 0. The van der Waals surface area contributed by atoms with Crippen molar-refractivity contribution < 1.29 is 18.9 Å². The maximum atomic E-state index is 13.1. The Morgan fingerprint density at radius 3 is 2.73 bits per heavy atom. The zero-order chi connectivity index (χ0) is 21.5. The van der Waals surface area contributed by atoms with Crippen molar-refractivity contribution >= 4 is 29.4 Å². The van der Waals surface area contributed by atoms with E-state index >= 15 is 0 Å². The van der Waals surface area contributed by atoms with E-state index in [9.17, 15) is 14.4 Å². The SMILES string of the molecule is CC1(c2cccc(C(N)=O)c2)NC(=O)N(Cc2nc(-c3cccc(Cl)c3)no2)C1=O. The van der Waals surface area contributed by atoms with Gasteiger partial charge in [0.05, 0.1) is 0 Å². The van der Waals surface area contributed by atoms with Gasteiger partial charge in [0.1, 0.15) is 12.1 Å². The smallest absolute Gasteiger partial charge is 0.325 e. The molecule has 4 rings (SSSR count). The quantitative estimate of drug-likeness (QED) is 0.603. The molecule has 0 saturated carbocycles. The standard InChI is InChI=1S/C20H16ClN5O4/c1-20(13-6-2-4-11(8-13)16(22)27)18(28)26(19(29)24-20)10-15-23-17(25-30-15)12-5-3-7-14(21)9-12/h2-9H,10H2,1H3,(H2,22,27)(H,24,29). The first-order chi connectivity index (χ1) is 14.3. The van der Waals surface area contributed by atoms with Gasteiger partial charge in [-0.15, -0.1) is 0 Å². The number of benzene rings is 2. The molecule has 1 aromatic heterocycles. The van der Waals surface area contributed by atoms with Gasteiger partial charge in [-0.25, -0.2) is 4.79 Å². The highest BCUT2D eigenvalue weighted by Gasteiger charge is 2.49. The lowest BCUT2D eigenvalue weighted by molar-refractivity contribution is -0.131. The third-order valence-corrected chi connectivity index (χ3v) is 5.08. The van der Waals surface area contributed by atoms with Crippen molar-refractivity contribution in [1.29, 1.82) is 0 Å². The highest BCUT2D eigenvalue weighted by molar-refractivity contribution is 6.30. The molecule has 2 aromatic carbocycles. The number of nitrogens with two attached hydrogens (primary N) is 1. The fourth-order valence-corrected chi connectivity index (χ4v) is 3.41. The fourth-order valence-electron chi connectivity index (χ4n) is 3.22. The summed E-state index contributed by atoms with van der Waals surface area (Å²) in [6.45, 7) is 1.35. The number of halogens is 1. The third-order valence-electron chi connectivity index (χ3n) is 4.84. The Bertz CT molecular complexity index is 1180. The number of carbonyl (C=O) groups is 3. The van der Waals surface area contributed by atoms with Gasteiger partial charge in [0.25, 0.3) is 5.91 Å². The predicted octanol–water partition coefficient (Wildman–Crippen LogP) is 2.46. The number of hydrogen-bond donors (Lipinski definition) is 2. The summed E-state index contributed by atoms with van der Waals surface area (Å²) in [5, 5.41) is 7.05. The molecule has 9 nitrogen and oxygen atoms in total. The van der Waals surface area contributed by atoms with E-state index in [-0.39, 0.29) is 23.8 Å². The third kappa shape index (κ3) is 3.39. The summed E-state index contributed by atoms with van der Waals surface area (Å²) in [6, 6.07) is 12.5. The lowest BCUT2D eigenvalue weighted by atomic mass is 9.90. The molecule has 3 N–H and O–H groups in total. The van der Waals surface area contributed by atoms with Crippen LogP contribution in [0, 0.1) is 0 Å². The molecule has 1 fully saturated rings. The Balaban J connectivity index is 1.58. The average Bonchev–Trinajstić information content (AvgIpc) is 3.27. The second-order valence-electron chi connectivity index (χ2n) is 6.91. The Labute approximate surface area is 175 Å². The predicted molar refractivity (Wildman–Crippen MR) is 106 cm³/mol. The summed E-state index contributed by atoms with van der Waals surface area (Å²) in [5.41, 5.74) is 5.27. The normalized spacial score (nSPS) is 18.5. The van der Waals surface area contributed by atoms with Crippen molar-refractivity contribution in [1.82, 2.24) is 20.4 Å². The maximum absolute atomic E-state index is 13.1. The second kappa shape index (κ2) is 7.27. The number of urea groups is 1. The summed E-state index contributed by atoms with van der Waals surface area (Å²) in [4.78, 5) is 42.3. The summed E-state index contributed by atoms with van der Waals surface area (Å²) in [7, 11) is 0. The van der Waals surface area contributed by atoms with Crippen LogP contribution in [0.25, 0.3) is 11.4 Å². The summed E-state index contributed by atoms with van der Waals surface area (Å²) < 4.78 is 5.20. The van der Waals surface area contributed by atoms with Gasteiger partial charge in [0.2, 0.25) is 17.6 Å². The molecule has 2 heterocycles. The van der Waals surface area contributed by atoms with Crippen LogP contribution in [0.5, 0.6) is 0 Å². The van der Waals surface area contributed by atoms with E-state index < -0.39 is 23.4 Å². The van der Waals surface area contributed by atoms with Crippen LogP contribution < -0.4 is 11.1 Å². The van der Waals surface area contributed by atoms with Gasteiger partial charge < -0.3 is 15.6 Å². The van der Waals surface area contributed by atoms with Gasteiger partial charge in [0, 0.05) is 16.1 Å². The Hall–Kier alpha value is -3.72. The highest BCUT2D eigenvalue weighted by atomic mass is 35.5. The first-order valence-electron chi connectivity index (χ1n) is 8.91. The molecule has 30 heavy (non-hydrogen) atoms. The molecule has 1 aliphatic rings. The van der Waals surface area contributed by atoms with Crippen molar-refractivity contribution in [2.24, 2.45) is 5.73 Å². The van der Waals surface area contributed by atoms with Crippen LogP contribution in [0.1, 0.15) is 28.7 Å². The Morgan fingerprint density at radius 1 is 1.23 bits per heavy atom. The minimum Gasteiger partial charge on any atom is -0.366 e. The lowest BCUT2D eigenvalue weighted by Gasteiger charge is -2.22. The van der Waals surface area contributed by atoms with Crippen LogP contribution in [-0.4, -0.2) is 32.9 Å². The zero-order valence-electron chi connectivity index (χ0n) is 15.8. The molecule has 152 valence electrons. The molecule has 0 bridgehead atoms. The van der Waals surface area contributed by atoms with Crippen LogP contribution in [-0.2, 0) is 16.9 Å². The van der Waals surface area contributed by atoms with Gasteiger partial charge in [-0.3, -0.25) is 14.5 Å². The number of rotatable bonds is 5. The summed E-state index contributed by atoms with van der Waals surface area (Å²) >= 11 is 5.98. The lowest BCUT2D eigenvalue weighted by Crippen LogP contribution is -2.41. The Morgan fingerprint density at radius 2 is 2.00 bits per heavy atom. The van der Waals surface area contributed by atoms with E-state index in [2.05, 4.69) is 15.5 Å². The molecule has 1 unspecified atom stereocenters. The maximum Gasteiger partial charge on any atom is 0.325 e. The van der Waals surface area contributed by atoms with E-state index in [1.165, 1.54) is 12.1 Å². The molecule has 4 amide bonds. The molecule has 1 aliphatic heterocycles. The Kier molecular flexibility index (Phi) is 4.75. The van der Waals surface area contributed by atoms with Crippen molar-refractivity contribution in [2.45, 2.75) is 19.0 Å². The molecule has 0 radical (unpaired) electrons. The largest absolute Gasteiger partial charge is 0.366 e. The van der Waals surface area contributed by atoms with E-state index in [1.54, 1.807) is 43.3 Å². The minimum absolute atomic E-state index is 0.0867. The van der Waals surface area contributed by atoms with Crippen LogP contribution in [0.3, 0.4) is 0 Å². The van der Waals surface area contributed by atoms with Gasteiger partial charge in [-0.05, 0) is 36.8 Å². The molecule has 3 aromatic rings. The molecule has 0 aliphatic carbocycles. The monoisotopic (exact) mass is 425 g/mol. The van der Waals surface area contributed by atoms with Crippen LogP contribution in [0.2, 0.25) is 5.02 Å². The molecule has 1 atom stereocenters.